The lowest BCUT2D eigenvalue weighted by Gasteiger charge is -2.24. The first-order valence-electron chi connectivity index (χ1n) is 7.21. The highest BCUT2D eigenvalue weighted by molar-refractivity contribution is 5.85. The summed E-state index contributed by atoms with van der Waals surface area (Å²) in [4.78, 5) is 23.4. The Morgan fingerprint density at radius 2 is 1.75 bits per heavy atom. The number of amides is 2. The molecule has 0 bridgehead atoms. The van der Waals surface area contributed by atoms with Crippen LogP contribution in [-0.2, 0) is 9.59 Å². The van der Waals surface area contributed by atoms with Crippen molar-refractivity contribution in [3.63, 3.8) is 0 Å². The van der Waals surface area contributed by atoms with E-state index >= 15 is 0 Å². The molecule has 1 rings (SSSR count). The summed E-state index contributed by atoms with van der Waals surface area (Å²) in [6, 6.07) is 0. The number of nitrogens with one attached hydrogen (secondary N) is 2. The van der Waals surface area contributed by atoms with E-state index < -0.39 is 5.54 Å². The van der Waals surface area contributed by atoms with Crippen LogP contribution in [0.4, 0.5) is 0 Å². The second-order valence-corrected chi connectivity index (χ2v) is 6.12. The van der Waals surface area contributed by atoms with E-state index in [0.717, 1.165) is 12.8 Å². The van der Waals surface area contributed by atoms with Crippen molar-refractivity contribution in [1.29, 1.82) is 0 Å². The van der Waals surface area contributed by atoms with Crippen LogP contribution in [0.3, 0.4) is 0 Å². The molecule has 1 fully saturated rings. The Kier molecular flexibility index (Phi) is 8.81. The van der Waals surface area contributed by atoms with Gasteiger partial charge in [-0.3, -0.25) is 9.59 Å². The number of hydrogen-bond acceptors (Lipinski definition) is 3. The molecule has 2 amide bonds. The maximum absolute atomic E-state index is 11.7. The van der Waals surface area contributed by atoms with Crippen molar-refractivity contribution in [1.82, 2.24) is 10.6 Å². The van der Waals surface area contributed by atoms with Crippen molar-refractivity contribution in [3.8, 4) is 0 Å². The first-order chi connectivity index (χ1) is 8.93. The lowest BCUT2D eigenvalue weighted by atomic mass is 9.87. The number of halogens is 1. The van der Waals surface area contributed by atoms with Crippen LogP contribution in [0.25, 0.3) is 0 Å². The van der Waals surface area contributed by atoms with E-state index in [9.17, 15) is 9.59 Å². The van der Waals surface area contributed by atoms with E-state index in [-0.39, 0.29) is 30.8 Å². The number of carbonyl (C=O) groups excluding carboxylic acids is 2. The van der Waals surface area contributed by atoms with Gasteiger partial charge in [-0.1, -0.05) is 19.3 Å². The molecular formula is C14H28ClN3O2. The van der Waals surface area contributed by atoms with Gasteiger partial charge in [0.15, 0.2) is 0 Å². The quantitative estimate of drug-likeness (QED) is 0.692. The van der Waals surface area contributed by atoms with Crippen molar-refractivity contribution in [3.05, 3.63) is 0 Å². The Bertz CT molecular complexity index is 316. The normalized spacial score (nSPS) is 16.1. The van der Waals surface area contributed by atoms with Gasteiger partial charge >= 0.3 is 0 Å². The van der Waals surface area contributed by atoms with Crippen molar-refractivity contribution in [2.45, 2.75) is 57.9 Å². The highest BCUT2D eigenvalue weighted by Crippen LogP contribution is 2.25. The standard InChI is InChI=1S/C14H27N3O2.ClH/c1-14(2,10-15)17-13(19)9-16-12(18)8-11-6-4-3-5-7-11;/h11H,3-10,15H2,1-2H3,(H,16,18)(H,17,19);1H. The van der Waals surface area contributed by atoms with Crippen LogP contribution in [0, 0.1) is 5.92 Å². The van der Waals surface area contributed by atoms with Gasteiger partial charge in [-0.15, -0.1) is 12.4 Å². The molecule has 0 spiro atoms. The van der Waals surface area contributed by atoms with Crippen LogP contribution in [0.5, 0.6) is 0 Å². The first kappa shape index (κ1) is 19.2. The van der Waals surface area contributed by atoms with E-state index in [2.05, 4.69) is 10.6 Å². The van der Waals surface area contributed by atoms with Gasteiger partial charge in [0.2, 0.25) is 11.8 Å². The van der Waals surface area contributed by atoms with Gasteiger partial charge in [0.25, 0.3) is 0 Å². The molecule has 0 saturated heterocycles. The first-order valence-corrected chi connectivity index (χ1v) is 7.21. The van der Waals surface area contributed by atoms with Crippen molar-refractivity contribution in [2.75, 3.05) is 13.1 Å². The molecule has 20 heavy (non-hydrogen) atoms. The third-order valence-electron chi connectivity index (χ3n) is 3.63. The second kappa shape index (κ2) is 9.19. The molecule has 0 radical (unpaired) electrons. The van der Waals surface area contributed by atoms with Gasteiger partial charge in [-0.2, -0.15) is 0 Å². The molecule has 0 unspecified atom stereocenters. The summed E-state index contributed by atoms with van der Waals surface area (Å²) in [6.07, 6.45) is 6.56. The van der Waals surface area contributed by atoms with Crippen LogP contribution in [-0.4, -0.2) is 30.4 Å². The van der Waals surface area contributed by atoms with Gasteiger partial charge in [0.05, 0.1) is 6.54 Å². The summed E-state index contributed by atoms with van der Waals surface area (Å²) >= 11 is 0. The molecule has 0 aromatic carbocycles. The minimum atomic E-state index is -0.425. The molecule has 0 aromatic heterocycles. The molecule has 118 valence electrons. The Balaban J connectivity index is 0.00000361. The fourth-order valence-corrected chi connectivity index (χ4v) is 2.38. The van der Waals surface area contributed by atoms with Crippen LogP contribution < -0.4 is 16.4 Å². The number of hydrogen-bond donors (Lipinski definition) is 3. The highest BCUT2D eigenvalue weighted by Gasteiger charge is 2.20. The highest BCUT2D eigenvalue weighted by atomic mass is 35.5. The molecule has 0 atom stereocenters. The molecule has 1 aliphatic rings. The lowest BCUT2D eigenvalue weighted by Crippen LogP contribution is -2.51. The molecule has 0 aromatic rings. The van der Waals surface area contributed by atoms with Crippen LogP contribution >= 0.6 is 12.4 Å². The molecule has 0 heterocycles. The van der Waals surface area contributed by atoms with Crippen LogP contribution in [0.2, 0.25) is 0 Å². The lowest BCUT2D eigenvalue weighted by molar-refractivity contribution is -0.127. The van der Waals surface area contributed by atoms with Crippen molar-refractivity contribution in [2.24, 2.45) is 11.7 Å². The molecule has 1 aliphatic carbocycles. The monoisotopic (exact) mass is 305 g/mol. The summed E-state index contributed by atoms with van der Waals surface area (Å²) in [6.45, 7) is 4.12. The minimum absolute atomic E-state index is 0. The van der Waals surface area contributed by atoms with Gasteiger partial charge in [-0.05, 0) is 32.6 Å². The molecule has 1 saturated carbocycles. The smallest absolute Gasteiger partial charge is 0.239 e. The molecule has 0 aliphatic heterocycles. The minimum Gasteiger partial charge on any atom is -0.348 e. The zero-order chi connectivity index (χ0) is 14.3. The number of carbonyl (C=O) groups is 2. The average Bonchev–Trinajstić information content (AvgIpc) is 2.37. The Morgan fingerprint density at radius 3 is 2.30 bits per heavy atom. The molecular weight excluding hydrogens is 278 g/mol. The van der Waals surface area contributed by atoms with Crippen molar-refractivity contribution < 1.29 is 9.59 Å². The van der Waals surface area contributed by atoms with Gasteiger partial charge in [0, 0.05) is 18.5 Å². The third-order valence-corrected chi connectivity index (χ3v) is 3.63. The van der Waals surface area contributed by atoms with E-state index in [1.807, 2.05) is 13.8 Å². The zero-order valence-corrected chi connectivity index (χ0v) is 13.4. The SMILES string of the molecule is CC(C)(CN)NC(=O)CNC(=O)CC1CCCCC1.Cl. The van der Waals surface area contributed by atoms with Crippen LogP contribution in [0.15, 0.2) is 0 Å². The predicted molar refractivity (Wildman–Crippen MR) is 82.7 cm³/mol. The zero-order valence-electron chi connectivity index (χ0n) is 12.5. The molecule has 4 N–H and O–H groups in total. The molecule has 5 nitrogen and oxygen atoms in total. The summed E-state index contributed by atoms with van der Waals surface area (Å²) < 4.78 is 0. The number of nitrogens with two attached hydrogens (primary N) is 1. The topological polar surface area (TPSA) is 84.2 Å². The Hall–Kier alpha value is -0.810. The fourth-order valence-electron chi connectivity index (χ4n) is 2.38. The summed E-state index contributed by atoms with van der Waals surface area (Å²) in [5, 5.41) is 5.47. The van der Waals surface area contributed by atoms with E-state index in [0.29, 0.717) is 18.9 Å². The van der Waals surface area contributed by atoms with Gasteiger partial charge < -0.3 is 16.4 Å². The summed E-state index contributed by atoms with van der Waals surface area (Å²) in [5.41, 5.74) is 5.11. The van der Waals surface area contributed by atoms with E-state index in [4.69, 9.17) is 5.73 Å². The second-order valence-electron chi connectivity index (χ2n) is 6.12. The summed E-state index contributed by atoms with van der Waals surface area (Å²) in [7, 11) is 0. The Morgan fingerprint density at radius 1 is 1.15 bits per heavy atom. The Labute approximate surface area is 127 Å². The van der Waals surface area contributed by atoms with Crippen molar-refractivity contribution >= 4 is 24.2 Å². The van der Waals surface area contributed by atoms with Gasteiger partial charge in [-0.25, -0.2) is 0 Å². The van der Waals surface area contributed by atoms with Crippen LogP contribution in [0.1, 0.15) is 52.4 Å². The van der Waals surface area contributed by atoms with Gasteiger partial charge in [0.1, 0.15) is 0 Å². The predicted octanol–water partition coefficient (Wildman–Crippen LogP) is 1.35. The maximum atomic E-state index is 11.7. The molecule has 6 heteroatoms. The summed E-state index contributed by atoms with van der Waals surface area (Å²) in [5.74, 6) is 0.289. The maximum Gasteiger partial charge on any atom is 0.239 e. The van der Waals surface area contributed by atoms with E-state index in [1.165, 1.54) is 19.3 Å². The average molecular weight is 306 g/mol. The fraction of sp³-hybridized carbons (Fsp3) is 0.857. The largest absolute Gasteiger partial charge is 0.348 e. The third kappa shape index (κ3) is 7.70. The number of rotatable bonds is 6. The van der Waals surface area contributed by atoms with E-state index in [1.54, 1.807) is 0 Å².